The molecule has 0 spiro atoms. The maximum absolute atomic E-state index is 6.06. The van der Waals surface area contributed by atoms with Crippen LogP contribution in [0.3, 0.4) is 0 Å². The summed E-state index contributed by atoms with van der Waals surface area (Å²) in [6.45, 7) is 3.81. The molecule has 0 saturated carbocycles. The number of rotatable bonds is 8. The zero-order valence-electron chi connectivity index (χ0n) is 18.1. The Morgan fingerprint density at radius 3 is 2.42 bits per heavy atom. The second-order valence-corrected chi connectivity index (χ2v) is 7.62. The maximum atomic E-state index is 6.06. The summed E-state index contributed by atoms with van der Waals surface area (Å²) in [6, 6.07) is 24.4. The lowest BCUT2D eigenvalue weighted by molar-refractivity contribution is -0.0331. The van der Waals surface area contributed by atoms with E-state index in [2.05, 4.69) is 35.2 Å². The van der Waals surface area contributed by atoms with Crippen LogP contribution in [0.5, 0.6) is 17.2 Å². The Morgan fingerprint density at radius 1 is 0.903 bits per heavy atom. The van der Waals surface area contributed by atoms with E-state index in [1.165, 1.54) is 5.56 Å². The van der Waals surface area contributed by atoms with Crippen molar-refractivity contribution >= 4 is 0 Å². The van der Waals surface area contributed by atoms with E-state index < -0.39 is 0 Å². The van der Waals surface area contributed by atoms with Crippen molar-refractivity contribution < 1.29 is 18.9 Å². The number of hydrogen-bond donors (Lipinski definition) is 0. The van der Waals surface area contributed by atoms with Gasteiger partial charge in [0.05, 0.1) is 26.9 Å². The highest BCUT2D eigenvalue weighted by molar-refractivity contribution is 5.40. The number of morpholine rings is 1. The standard InChI is InChI=1S/C26H29NO4/c1-28-24-13-10-22(25(16-24)29-2)17-27-14-15-30-26(18-27)21-8-11-23(12-9-21)31-19-20-6-4-3-5-7-20/h3-13,16,26H,14-15,17-19H2,1-2H3/t26-/m1/s1. The maximum Gasteiger partial charge on any atom is 0.127 e. The fourth-order valence-corrected chi connectivity index (χ4v) is 3.79. The van der Waals surface area contributed by atoms with Gasteiger partial charge in [-0.2, -0.15) is 0 Å². The molecule has 0 amide bonds. The number of methoxy groups -OCH3 is 2. The lowest BCUT2D eigenvalue weighted by Crippen LogP contribution is -2.37. The van der Waals surface area contributed by atoms with E-state index in [1.54, 1.807) is 14.2 Å². The van der Waals surface area contributed by atoms with Gasteiger partial charge >= 0.3 is 0 Å². The van der Waals surface area contributed by atoms with E-state index in [0.717, 1.165) is 48.0 Å². The van der Waals surface area contributed by atoms with Gasteiger partial charge in [0.15, 0.2) is 0 Å². The summed E-state index contributed by atoms with van der Waals surface area (Å²) in [5.41, 5.74) is 3.47. The van der Waals surface area contributed by atoms with Crippen molar-refractivity contribution in [2.75, 3.05) is 33.9 Å². The normalized spacial score (nSPS) is 16.6. The van der Waals surface area contributed by atoms with Crippen LogP contribution in [0.1, 0.15) is 22.8 Å². The van der Waals surface area contributed by atoms with Crippen molar-refractivity contribution in [2.24, 2.45) is 0 Å². The van der Waals surface area contributed by atoms with Gasteiger partial charge in [-0.05, 0) is 29.3 Å². The Hall–Kier alpha value is -3.02. The fraction of sp³-hybridized carbons (Fsp3) is 0.308. The molecule has 0 aromatic heterocycles. The van der Waals surface area contributed by atoms with E-state index >= 15 is 0 Å². The number of nitrogens with zero attached hydrogens (tertiary/aromatic N) is 1. The largest absolute Gasteiger partial charge is 0.497 e. The minimum atomic E-state index is 0.0427. The average Bonchev–Trinajstić information content (AvgIpc) is 2.84. The predicted octanol–water partition coefficient (Wildman–Crippen LogP) is 4.86. The molecule has 5 heteroatoms. The second kappa shape index (κ2) is 10.3. The highest BCUT2D eigenvalue weighted by atomic mass is 16.5. The van der Waals surface area contributed by atoms with E-state index in [4.69, 9.17) is 18.9 Å². The first-order chi connectivity index (χ1) is 15.2. The summed E-state index contributed by atoms with van der Waals surface area (Å²) in [4.78, 5) is 2.40. The summed E-state index contributed by atoms with van der Waals surface area (Å²) in [5.74, 6) is 2.51. The van der Waals surface area contributed by atoms with Crippen molar-refractivity contribution in [1.82, 2.24) is 4.90 Å². The smallest absolute Gasteiger partial charge is 0.127 e. The molecule has 1 aliphatic heterocycles. The summed E-state index contributed by atoms with van der Waals surface area (Å²) in [7, 11) is 3.36. The van der Waals surface area contributed by atoms with Crippen LogP contribution >= 0.6 is 0 Å². The summed E-state index contributed by atoms with van der Waals surface area (Å²) < 4.78 is 22.8. The molecule has 0 aliphatic carbocycles. The lowest BCUT2D eigenvalue weighted by Gasteiger charge is -2.33. The van der Waals surface area contributed by atoms with Crippen LogP contribution < -0.4 is 14.2 Å². The monoisotopic (exact) mass is 419 g/mol. The van der Waals surface area contributed by atoms with Gasteiger partial charge in [-0.25, -0.2) is 0 Å². The molecule has 1 fully saturated rings. The fourth-order valence-electron chi connectivity index (χ4n) is 3.79. The first-order valence-corrected chi connectivity index (χ1v) is 10.6. The molecule has 5 nitrogen and oxygen atoms in total. The average molecular weight is 420 g/mol. The van der Waals surface area contributed by atoms with Crippen LogP contribution in [0.4, 0.5) is 0 Å². The molecule has 0 N–H and O–H groups in total. The molecule has 0 unspecified atom stereocenters. The van der Waals surface area contributed by atoms with Crippen LogP contribution in [0, 0.1) is 0 Å². The van der Waals surface area contributed by atoms with Crippen LogP contribution in [0.2, 0.25) is 0 Å². The summed E-state index contributed by atoms with van der Waals surface area (Å²) in [5, 5.41) is 0. The third kappa shape index (κ3) is 5.57. The van der Waals surface area contributed by atoms with Gasteiger partial charge in [0.1, 0.15) is 23.9 Å². The molecule has 4 rings (SSSR count). The minimum absolute atomic E-state index is 0.0427. The van der Waals surface area contributed by atoms with Crippen molar-refractivity contribution in [3.05, 3.63) is 89.5 Å². The third-order valence-corrected chi connectivity index (χ3v) is 5.54. The minimum Gasteiger partial charge on any atom is -0.497 e. The molecule has 3 aromatic carbocycles. The van der Waals surface area contributed by atoms with Crippen LogP contribution in [0.25, 0.3) is 0 Å². The molecule has 1 heterocycles. The number of ether oxygens (including phenoxy) is 4. The lowest BCUT2D eigenvalue weighted by atomic mass is 10.1. The first kappa shape index (κ1) is 21.2. The topological polar surface area (TPSA) is 40.2 Å². The molecule has 31 heavy (non-hydrogen) atoms. The van der Waals surface area contributed by atoms with Crippen molar-refractivity contribution in [1.29, 1.82) is 0 Å². The molecule has 3 aromatic rings. The van der Waals surface area contributed by atoms with E-state index in [0.29, 0.717) is 13.2 Å². The molecule has 1 atom stereocenters. The Bertz CT molecular complexity index is 959. The molecule has 0 radical (unpaired) electrons. The van der Waals surface area contributed by atoms with Gasteiger partial charge in [0.2, 0.25) is 0 Å². The molecule has 162 valence electrons. The van der Waals surface area contributed by atoms with Crippen LogP contribution in [0.15, 0.2) is 72.8 Å². The number of benzene rings is 3. The van der Waals surface area contributed by atoms with E-state index in [9.17, 15) is 0 Å². The Balaban J connectivity index is 1.36. The van der Waals surface area contributed by atoms with E-state index in [-0.39, 0.29) is 6.10 Å². The van der Waals surface area contributed by atoms with Gasteiger partial charge in [-0.15, -0.1) is 0 Å². The van der Waals surface area contributed by atoms with Crippen molar-refractivity contribution in [3.63, 3.8) is 0 Å². The molecule has 1 aliphatic rings. The van der Waals surface area contributed by atoms with Gasteiger partial charge in [0, 0.05) is 31.3 Å². The molecular formula is C26H29NO4. The Labute approximate surface area is 184 Å². The summed E-state index contributed by atoms with van der Waals surface area (Å²) >= 11 is 0. The Morgan fingerprint density at radius 2 is 1.68 bits per heavy atom. The van der Waals surface area contributed by atoms with Crippen molar-refractivity contribution in [3.8, 4) is 17.2 Å². The zero-order chi connectivity index (χ0) is 21.5. The van der Waals surface area contributed by atoms with E-state index in [1.807, 2.05) is 42.5 Å². The summed E-state index contributed by atoms with van der Waals surface area (Å²) in [6.07, 6.45) is 0.0427. The Kier molecular flexibility index (Phi) is 7.07. The number of hydrogen-bond acceptors (Lipinski definition) is 5. The molecule has 0 bridgehead atoms. The van der Waals surface area contributed by atoms with Crippen LogP contribution in [-0.4, -0.2) is 38.8 Å². The van der Waals surface area contributed by atoms with Crippen molar-refractivity contribution in [2.45, 2.75) is 19.3 Å². The van der Waals surface area contributed by atoms with Crippen LogP contribution in [-0.2, 0) is 17.9 Å². The van der Waals surface area contributed by atoms with Gasteiger partial charge in [-0.1, -0.05) is 48.5 Å². The van der Waals surface area contributed by atoms with Gasteiger partial charge in [-0.3, -0.25) is 4.90 Å². The zero-order valence-corrected chi connectivity index (χ0v) is 18.1. The first-order valence-electron chi connectivity index (χ1n) is 10.6. The third-order valence-electron chi connectivity index (χ3n) is 5.54. The molecular weight excluding hydrogens is 390 g/mol. The SMILES string of the molecule is COc1ccc(CN2CCO[C@@H](c3ccc(OCc4ccccc4)cc3)C2)c(OC)c1. The quantitative estimate of drug-likeness (QED) is 0.522. The highest BCUT2D eigenvalue weighted by Gasteiger charge is 2.23. The molecule has 1 saturated heterocycles. The predicted molar refractivity (Wildman–Crippen MR) is 121 cm³/mol. The second-order valence-electron chi connectivity index (χ2n) is 7.62. The van der Waals surface area contributed by atoms with Gasteiger partial charge < -0.3 is 18.9 Å². The highest BCUT2D eigenvalue weighted by Crippen LogP contribution is 2.29. The van der Waals surface area contributed by atoms with Gasteiger partial charge in [0.25, 0.3) is 0 Å².